The zero-order chi connectivity index (χ0) is 16.7. The summed E-state index contributed by atoms with van der Waals surface area (Å²) in [5, 5.41) is 9.11. The van der Waals surface area contributed by atoms with Crippen LogP contribution in [-0.2, 0) is 6.42 Å². The molecule has 122 valence electrons. The van der Waals surface area contributed by atoms with Crippen molar-refractivity contribution in [2.75, 3.05) is 0 Å². The van der Waals surface area contributed by atoms with Crippen molar-refractivity contribution in [2.45, 2.75) is 37.8 Å². The summed E-state index contributed by atoms with van der Waals surface area (Å²) in [7, 11) is 0. The minimum atomic E-state index is -1.12. The molecule has 1 saturated carbocycles. The largest absolute Gasteiger partial charge is 0.477 e. The molecule has 2 aliphatic carbocycles. The molecule has 0 aliphatic heterocycles. The van der Waals surface area contributed by atoms with Crippen molar-refractivity contribution in [2.24, 2.45) is 0 Å². The van der Waals surface area contributed by atoms with E-state index in [0.29, 0.717) is 5.56 Å². The molecule has 24 heavy (non-hydrogen) atoms. The molecule has 1 amide bonds. The maximum absolute atomic E-state index is 13.1. The van der Waals surface area contributed by atoms with Crippen LogP contribution in [0.3, 0.4) is 0 Å². The summed E-state index contributed by atoms with van der Waals surface area (Å²) in [5.74, 6) is -1.21. The molecule has 2 aliphatic rings. The van der Waals surface area contributed by atoms with E-state index in [9.17, 15) is 9.59 Å². The number of carboxylic acids is 1. The molecule has 1 fully saturated rings. The SMILES string of the molecule is O=C(O)c1cc(C(=O)N(C2CC2)[C@H]2CCc3ccccc32)ccn1. The van der Waals surface area contributed by atoms with Gasteiger partial charge in [0.15, 0.2) is 0 Å². The molecule has 4 rings (SSSR count). The van der Waals surface area contributed by atoms with Crippen LogP contribution in [0.2, 0.25) is 0 Å². The van der Waals surface area contributed by atoms with Gasteiger partial charge in [0, 0.05) is 17.8 Å². The quantitative estimate of drug-likeness (QED) is 0.939. The minimum absolute atomic E-state index is 0.0858. The van der Waals surface area contributed by atoms with Crippen molar-refractivity contribution in [1.29, 1.82) is 0 Å². The Hall–Kier alpha value is -2.69. The Balaban J connectivity index is 1.68. The molecule has 0 saturated heterocycles. The number of aromatic nitrogens is 1. The summed E-state index contributed by atoms with van der Waals surface area (Å²) in [5.41, 5.74) is 2.84. The van der Waals surface area contributed by atoms with E-state index in [1.54, 1.807) is 6.07 Å². The Bertz CT molecular complexity index is 814. The summed E-state index contributed by atoms with van der Waals surface area (Å²) in [6.07, 6.45) is 5.33. The van der Waals surface area contributed by atoms with Gasteiger partial charge in [0.25, 0.3) is 5.91 Å². The molecule has 5 nitrogen and oxygen atoms in total. The summed E-state index contributed by atoms with van der Waals surface area (Å²) in [6, 6.07) is 11.6. The van der Waals surface area contributed by atoms with Crippen LogP contribution in [-0.4, -0.2) is 32.9 Å². The predicted molar refractivity (Wildman–Crippen MR) is 87.9 cm³/mol. The number of hydrogen-bond donors (Lipinski definition) is 1. The van der Waals surface area contributed by atoms with Crippen LogP contribution in [0.1, 0.15) is 57.3 Å². The molecule has 5 heteroatoms. The normalized spacial score (nSPS) is 18.9. The smallest absolute Gasteiger partial charge is 0.354 e. The number of carbonyl (C=O) groups is 2. The van der Waals surface area contributed by atoms with Crippen LogP contribution in [0.15, 0.2) is 42.6 Å². The average molecular weight is 322 g/mol. The number of aryl methyl sites for hydroxylation is 1. The molecule has 0 spiro atoms. The first-order valence-electron chi connectivity index (χ1n) is 8.25. The highest BCUT2D eigenvalue weighted by Crippen LogP contribution is 2.42. The number of aromatic carboxylic acids is 1. The second kappa shape index (κ2) is 5.74. The number of benzene rings is 1. The summed E-state index contributed by atoms with van der Waals surface area (Å²) >= 11 is 0. The number of pyridine rings is 1. The van der Waals surface area contributed by atoms with Crippen molar-refractivity contribution < 1.29 is 14.7 Å². The first kappa shape index (κ1) is 14.9. The van der Waals surface area contributed by atoms with E-state index in [2.05, 4.69) is 17.1 Å². The predicted octanol–water partition coefficient (Wildman–Crippen LogP) is 3.07. The Labute approximate surface area is 139 Å². The molecule has 1 atom stereocenters. The number of rotatable bonds is 4. The van der Waals surface area contributed by atoms with Crippen molar-refractivity contribution in [3.8, 4) is 0 Å². The third-order valence-corrected chi connectivity index (χ3v) is 4.84. The highest BCUT2D eigenvalue weighted by atomic mass is 16.4. The Morgan fingerprint density at radius 2 is 1.92 bits per heavy atom. The summed E-state index contributed by atoms with van der Waals surface area (Å²) in [4.78, 5) is 30.0. The third kappa shape index (κ3) is 2.56. The van der Waals surface area contributed by atoms with Gasteiger partial charge in [-0.3, -0.25) is 4.79 Å². The van der Waals surface area contributed by atoms with Gasteiger partial charge in [0.05, 0.1) is 6.04 Å². The highest BCUT2D eigenvalue weighted by molar-refractivity contribution is 5.97. The van der Waals surface area contributed by atoms with Crippen LogP contribution in [0.25, 0.3) is 0 Å². The highest BCUT2D eigenvalue weighted by Gasteiger charge is 2.40. The number of amides is 1. The van der Waals surface area contributed by atoms with Gasteiger partial charge >= 0.3 is 5.97 Å². The van der Waals surface area contributed by atoms with Gasteiger partial charge in [-0.1, -0.05) is 24.3 Å². The van der Waals surface area contributed by atoms with Crippen molar-refractivity contribution >= 4 is 11.9 Å². The van der Waals surface area contributed by atoms with Crippen LogP contribution < -0.4 is 0 Å². The Morgan fingerprint density at radius 1 is 1.12 bits per heavy atom. The standard InChI is InChI=1S/C19H18N2O3/c22-18(13-9-10-20-16(11-13)19(23)24)21(14-6-7-14)17-8-5-12-3-1-2-4-15(12)17/h1-4,9-11,14,17H,5-8H2,(H,23,24)/t17-/m0/s1. The van der Waals surface area contributed by atoms with E-state index >= 15 is 0 Å². The molecule has 1 N–H and O–H groups in total. The van der Waals surface area contributed by atoms with Crippen LogP contribution >= 0.6 is 0 Å². The number of hydrogen-bond acceptors (Lipinski definition) is 3. The topological polar surface area (TPSA) is 70.5 Å². The van der Waals surface area contributed by atoms with E-state index in [1.807, 2.05) is 17.0 Å². The lowest BCUT2D eigenvalue weighted by molar-refractivity contribution is 0.0658. The third-order valence-electron chi connectivity index (χ3n) is 4.84. The van der Waals surface area contributed by atoms with E-state index in [0.717, 1.165) is 25.7 Å². The molecular weight excluding hydrogens is 304 g/mol. The molecule has 0 bridgehead atoms. The second-order valence-electron chi connectivity index (χ2n) is 6.43. The lowest BCUT2D eigenvalue weighted by Crippen LogP contribution is -2.36. The number of fused-ring (bicyclic) bond motifs is 1. The van der Waals surface area contributed by atoms with Gasteiger partial charge in [0.1, 0.15) is 5.69 Å². The first-order valence-corrected chi connectivity index (χ1v) is 8.25. The van der Waals surface area contributed by atoms with Gasteiger partial charge in [-0.2, -0.15) is 0 Å². The fraction of sp³-hybridized carbons (Fsp3) is 0.316. The lowest BCUT2D eigenvalue weighted by Gasteiger charge is -2.30. The molecule has 0 unspecified atom stereocenters. The number of nitrogens with zero attached hydrogens (tertiary/aromatic N) is 2. The lowest BCUT2D eigenvalue weighted by atomic mass is 10.1. The number of carboxylic acid groups (broad SMARTS) is 1. The zero-order valence-electron chi connectivity index (χ0n) is 13.2. The Morgan fingerprint density at radius 3 is 2.67 bits per heavy atom. The van der Waals surface area contributed by atoms with Gasteiger partial charge < -0.3 is 10.0 Å². The van der Waals surface area contributed by atoms with Crippen LogP contribution in [0, 0.1) is 0 Å². The van der Waals surface area contributed by atoms with Crippen molar-refractivity contribution in [3.05, 3.63) is 65.0 Å². The average Bonchev–Trinajstić information content (AvgIpc) is 3.35. The van der Waals surface area contributed by atoms with Crippen molar-refractivity contribution in [1.82, 2.24) is 9.88 Å². The molecule has 1 heterocycles. The molecular formula is C19H18N2O3. The van der Waals surface area contributed by atoms with Gasteiger partial charge in [-0.15, -0.1) is 0 Å². The Kier molecular flexibility index (Phi) is 3.56. The van der Waals surface area contributed by atoms with Crippen molar-refractivity contribution in [3.63, 3.8) is 0 Å². The molecule has 1 aromatic carbocycles. The van der Waals surface area contributed by atoms with Crippen LogP contribution in [0.4, 0.5) is 0 Å². The van der Waals surface area contributed by atoms with E-state index < -0.39 is 5.97 Å². The summed E-state index contributed by atoms with van der Waals surface area (Å²) in [6.45, 7) is 0. The van der Waals surface area contributed by atoms with Gasteiger partial charge in [0.2, 0.25) is 0 Å². The molecule has 1 aromatic heterocycles. The maximum atomic E-state index is 13.1. The maximum Gasteiger partial charge on any atom is 0.354 e. The second-order valence-corrected chi connectivity index (χ2v) is 6.43. The van der Waals surface area contributed by atoms with E-state index in [4.69, 9.17) is 5.11 Å². The van der Waals surface area contributed by atoms with E-state index in [1.165, 1.54) is 23.4 Å². The first-order chi connectivity index (χ1) is 11.6. The monoisotopic (exact) mass is 322 g/mol. The molecule has 0 radical (unpaired) electrons. The minimum Gasteiger partial charge on any atom is -0.477 e. The van der Waals surface area contributed by atoms with Gasteiger partial charge in [-0.05, 0) is 48.9 Å². The van der Waals surface area contributed by atoms with E-state index in [-0.39, 0.29) is 23.7 Å². The van der Waals surface area contributed by atoms with Gasteiger partial charge in [-0.25, -0.2) is 9.78 Å². The zero-order valence-corrected chi connectivity index (χ0v) is 13.2. The fourth-order valence-electron chi connectivity index (χ4n) is 3.57. The van der Waals surface area contributed by atoms with Crippen LogP contribution in [0.5, 0.6) is 0 Å². The number of carbonyl (C=O) groups excluding carboxylic acids is 1. The fourth-order valence-corrected chi connectivity index (χ4v) is 3.57. The molecule has 2 aromatic rings. The summed E-state index contributed by atoms with van der Waals surface area (Å²) < 4.78 is 0.